The molecule has 36 heavy (non-hydrogen) atoms. The standard InChI is InChI=1S/C30H28N2O4/c1-23(36-28-18-16-27(17-19-28)34-21-24-10-4-2-5-11-24)30(33)32-31-20-26-14-8-9-15-29(26)35-22-25-12-6-3-7-13-25/h2-20,23H,21-22H2,1H3,(H,32,33). The Kier molecular flexibility index (Phi) is 8.70. The number of nitrogens with zero attached hydrogens (tertiary/aromatic N) is 1. The molecule has 0 bridgehead atoms. The van der Waals surface area contributed by atoms with Crippen molar-refractivity contribution >= 4 is 12.1 Å². The van der Waals surface area contributed by atoms with Crippen LogP contribution < -0.4 is 19.6 Å². The van der Waals surface area contributed by atoms with E-state index in [0.717, 1.165) is 22.4 Å². The highest BCUT2D eigenvalue weighted by atomic mass is 16.5. The summed E-state index contributed by atoms with van der Waals surface area (Å²) in [5.74, 6) is 1.60. The number of rotatable bonds is 11. The average Bonchev–Trinajstić information content (AvgIpc) is 2.93. The van der Waals surface area contributed by atoms with E-state index in [4.69, 9.17) is 14.2 Å². The van der Waals surface area contributed by atoms with Gasteiger partial charge in [-0.25, -0.2) is 5.43 Å². The SMILES string of the molecule is CC(Oc1ccc(OCc2ccccc2)cc1)C(=O)NN=Cc1ccccc1OCc1ccccc1. The smallest absolute Gasteiger partial charge is 0.280 e. The van der Waals surface area contributed by atoms with E-state index < -0.39 is 6.10 Å². The highest BCUT2D eigenvalue weighted by Gasteiger charge is 2.14. The van der Waals surface area contributed by atoms with Crippen LogP contribution in [0.3, 0.4) is 0 Å². The minimum absolute atomic E-state index is 0.363. The lowest BCUT2D eigenvalue weighted by Crippen LogP contribution is -2.33. The van der Waals surface area contributed by atoms with Gasteiger partial charge >= 0.3 is 0 Å². The lowest BCUT2D eigenvalue weighted by atomic mass is 10.2. The normalized spacial score (nSPS) is 11.6. The van der Waals surface area contributed by atoms with E-state index in [1.807, 2.05) is 97.1 Å². The Morgan fingerprint density at radius 2 is 1.31 bits per heavy atom. The maximum atomic E-state index is 12.5. The number of amides is 1. The molecule has 4 rings (SSSR count). The topological polar surface area (TPSA) is 69.2 Å². The molecule has 0 fully saturated rings. The molecule has 1 atom stereocenters. The zero-order valence-electron chi connectivity index (χ0n) is 20.0. The molecule has 0 saturated heterocycles. The van der Waals surface area contributed by atoms with Gasteiger partial charge in [0, 0.05) is 5.56 Å². The molecule has 0 aliphatic heterocycles. The van der Waals surface area contributed by atoms with Gasteiger partial charge in [0.2, 0.25) is 0 Å². The number of hydrogen-bond acceptors (Lipinski definition) is 5. The second kappa shape index (κ2) is 12.8. The molecule has 6 nitrogen and oxygen atoms in total. The van der Waals surface area contributed by atoms with Gasteiger partial charge in [0.15, 0.2) is 6.10 Å². The van der Waals surface area contributed by atoms with Crippen LogP contribution in [0.4, 0.5) is 0 Å². The molecule has 6 heteroatoms. The Morgan fingerprint density at radius 3 is 1.97 bits per heavy atom. The Morgan fingerprint density at radius 1 is 0.750 bits per heavy atom. The molecular formula is C30H28N2O4. The van der Waals surface area contributed by atoms with Crippen LogP contribution in [0.5, 0.6) is 17.2 Å². The third-order valence-corrected chi connectivity index (χ3v) is 5.29. The van der Waals surface area contributed by atoms with Crippen LogP contribution >= 0.6 is 0 Å². The molecule has 0 heterocycles. The number of benzene rings is 4. The number of nitrogens with one attached hydrogen (secondary N) is 1. The van der Waals surface area contributed by atoms with Gasteiger partial charge in [0.1, 0.15) is 30.5 Å². The molecule has 0 spiro atoms. The van der Waals surface area contributed by atoms with Gasteiger partial charge in [0.05, 0.1) is 6.21 Å². The molecule has 182 valence electrons. The first-order valence-corrected chi connectivity index (χ1v) is 11.7. The predicted molar refractivity (Wildman–Crippen MR) is 140 cm³/mol. The number of para-hydroxylation sites is 1. The first-order chi connectivity index (χ1) is 17.7. The monoisotopic (exact) mass is 480 g/mol. The van der Waals surface area contributed by atoms with E-state index >= 15 is 0 Å². The molecule has 0 aliphatic rings. The van der Waals surface area contributed by atoms with Crippen LogP contribution in [0, 0.1) is 0 Å². The molecule has 0 aliphatic carbocycles. The maximum absolute atomic E-state index is 12.5. The fourth-order valence-corrected chi connectivity index (χ4v) is 3.32. The fourth-order valence-electron chi connectivity index (χ4n) is 3.32. The van der Waals surface area contributed by atoms with Gasteiger partial charge in [-0.1, -0.05) is 72.8 Å². The van der Waals surface area contributed by atoms with Crippen molar-refractivity contribution in [3.8, 4) is 17.2 Å². The van der Waals surface area contributed by atoms with Gasteiger partial charge < -0.3 is 14.2 Å². The minimum atomic E-state index is -0.734. The second-order valence-electron chi connectivity index (χ2n) is 8.05. The van der Waals surface area contributed by atoms with E-state index in [-0.39, 0.29) is 5.91 Å². The average molecular weight is 481 g/mol. The molecule has 1 unspecified atom stereocenters. The quantitative estimate of drug-likeness (QED) is 0.219. The highest BCUT2D eigenvalue weighted by molar-refractivity contribution is 5.86. The molecule has 4 aromatic carbocycles. The van der Waals surface area contributed by atoms with Crippen LogP contribution in [-0.4, -0.2) is 18.2 Å². The van der Waals surface area contributed by atoms with Gasteiger partial charge in [-0.3, -0.25) is 4.79 Å². The number of hydrogen-bond donors (Lipinski definition) is 1. The summed E-state index contributed by atoms with van der Waals surface area (Å²) in [5, 5.41) is 4.08. The molecule has 0 saturated carbocycles. The Balaban J connectivity index is 1.25. The van der Waals surface area contributed by atoms with Crippen molar-refractivity contribution in [1.82, 2.24) is 5.43 Å². The largest absolute Gasteiger partial charge is 0.489 e. The van der Waals surface area contributed by atoms with Crippen LogP contribution in [0.1, 0.15) is 23.6 Å². The van der Waals surface area contributed by atoms with E-state index in [0.29, 0.717) is 24.7 Å². The summed E-state index contributed by atoms with van der Waals surface area (Å²) in [7, 11) is 0. The Hall–Kier alpha value is -4.58. The number of carbonyl (C=O) groups is 1. The second-order valence-corrected chi connectivity index (χ2v) is 8.05. The van der Waals surface area contributed by atoms with Crippen molar-refractivity contribution in [3.63, 3.8) is 0 Å². The van der Waals surface area contributed by atoms with Crippen molar-refractivity contribution in [2.24, 2.45) is 5.10 Å². The maximum Gasteiger partial charge on any atom is 0.280 e. The number of carbonyl (C=O) groups excluding carboxylic acids is 1. The zero-order valence-corrected chi connectivity index (χ0v) is 20.0. The molecule has 4 aromatic rings. The molecule has 1 N–H and O–H groups in total. The van der Waals surface area contributed by atoms with Crippen LogP contribution in [0.25, 0.3) is 0 Å². The fraction of sp³-hybridized carbons (Fsp3) is 0.133. The highest BCUT2D eigenvalue weighted by Crippen LogP contribution is 2.20. The summed E-state index contributed by atoms with van der Waals surface area (Å²) in [6.45, 7) is 2.60. The van der Waals surface area contributed by atoms with E-state index in [1.54, 1.807) is 25.3 Å². The van der Waals surface area contributed by atoms with Gasteiger partial charge in [0.25, 0.3) is 5.91 Å². The van der Waals surface area contributed by atoms with Gasteiger partial charge in [-0.15, -0.1) is 0 Å². The first kappa shape index (κ1) is 24.5. The van der Waals surface area contributed by atoms with E-state index in [1.165, 1.54) is 0 Å². The minimum Gasteiger partial charge on any atom is -0.489 e. The van der Waals surface area contributed by atoms with Crippen molar-refractivity contribution in [2.45, 2.75) is 26.2 Å². The molecular weight excluding hydrogens is 452 g/mol. The van der Waals surface area contributed by atoms with Crippen molar-refractivity contribution in [2.75, 3.05) is 0 Å². The van der Waals surface area contributed by atoms with Crippen molar-refractivity contribution in [3.05, 3.63) is 126 Å². The van der Waals surface area contributed by atoms with Crippen LogP contribution in [0.15, 0.2) is 114 Å². The Bertz CT molecular complexity index is 1260. The summed E-state index contributed by atoms with van der Waals surface area (Å²) in [6, 6.07) is 34.5. The molecule has 1 amide bonds. The zero-order chi connectivity index (χ0) is 25.0. The summed E-state index contributed by atoms with van der Waals surface area (Å²) in [6.07, 6.45) is 0.826. The van der Waals surface area contributed by atoms with Crippen molar-refractivity contribution < 1.29 is 19.0 Å². The number of hydrazone groups is 1. The first-order valence-electron chi connectivity index (χ1n) is 11.7. The van der Waals surface area contributed by atoms with Gasteiger partial charge in [-0.2, -0.15) is 5.10 Å². The third-order valence-electron chi connectivity index (χ3n) is 5.29. The van der Waals surface area contributed by atoms with E-state index in [2.05, 4.69) is 10.5 Å². The number of ether oxygens (including phenoxy) is 3. The Labute approximate surface area is 211 Å². The van der Waals surface area contributed by atoms with Gasteiger partial charge in [-0.05, 0) is 54.4 Å². The van der Waals surface area contributed by atoms with Crippen LogP contribution in [0.2, 0.25) is 0 Å². The summed E-state index contributed by atoms with van der Waals surface area (Å²) < 4.78 is 17.4. The lowest BCUT2D eigenvalue weighted by molar-refractivity contribution is -0.127. The third kappa shape index (κ3) is 7.46. The van der Waals surface area contributed by atoms with E-state index in [9.17, 15) is 4.79 Å². The molecule has 0 radical (unpaired) electrons. The molecule has 0 aromatic heterocycles. The summed E-state index contributed by atoms with van der Waals surface area (Å²) in [4.78, 5) is 12.5. The lowest BCUT2D eigenvalue weighted by Gasteiger charge is -2.14. The van der Waals surface area contributed by atoms with Crippen LogP contribution in [-0.2, 0) is 18.0 Å². The summed E-state index contributed by atoms with van der Waals surface area (Å²) in [5.41, 5.74) is 5.45. The summed E-state index contributed by atoms with van der Waals surface area (Å²) >= 11 is 0. The predicted octanol–water partition coefficient (Wildman–Crippen LogP) is 5.76. The van der Waals surface area contributed by atoms with Crippen molar-refractivity contribution in [1.29, 1.82) is 0 Å².